The molecule has 0 atom stereocenters. The Kier molecular flexibility index (Phi) is 7.88. The Morgan fingerprint density at radius 3 is 2.37 bits per heavy atom. The fourth-order valence-electron chi connectivity index (χ4n) is 3.02. The molecule has 30 heavy (non-hydrogen) atoms. The Labute approximate surface area is 174 Å². The van der Waals surface area contributed by atoms with Crippen LogP contribution in [-0.2, 0) is 14.3 Å². The molecular formula is C21H25N3O6. The lowest BCUT2D eigenvalue weighted by molar-refractivity contribution is -0.384. The van der Waals surface area contributed by atoms with Crippen LogP contribution in [0, 0.1) is 30.9 Å². The Morgan fingerprint density at radius 2 is 1.77 bits per heavy atom. The number of anilines is 2. The van der Waals surface area contributed by atoms with Gasteiger partial charge in [-0.05, 0) is 38.0 Å². The van der Waals surface area contributed by atoms with E-state index in [2.05, 4.69) is 10.6 Å². The highest BCUT2D eigenvalue weighted by atomic mass is 16.6. The number of amides is 1. The molecule has 0 saturated heterocycles. The molecule has 0 saturated carbocycles. The molecule has 1 amide bonds. The average Bonchev–Trinajstić information content (AvgIpc) is 2.69. The van der Waals surface area contributed by atoms with Crippen LogP contribution in [0.3, 0.4) is 0 Å². The van der Waals surface area contributed by atoms with E-state index in [0.717, 1.165) is 22.8 Å². The van der Waals surface area contributed by atoms with Gasteiger partial charge in [0.2, 0.25) is 0 Å². The topological polar surface area (TPSA) is 120 Å². The van der Waals surface area contributed by atoms with Crippen molar-refractivity contribution in [3.63, 3.8) is 0 Å². The van der Waals surface area contributed by atoms with Crippen molar-refractivity contribution in [3.8, 4) is 0 Å². The molecule has 0 unspecified atom stereocenters. The second kappa shape index (κ2) is 10.4. The summed E-state index contributed by atoms with van der Waals surface area (Å²) < 4.78 is 10.1. The number of ether oxygens (including phenoxy) is 2. The van der Waals surface area contributed by atoms with Crippen molar-refractivity contribution in [2.24, 2.45) is 0 Å². The SMILES string of the molecule is COCCNc1ccc([N+](=O)[O-])cc1C(=O)OCC(=O)Nc1c(C)cc(C)cc1C. The summed E-state index contributed by atoms with van der Waals surface area (Å²) in [6.07, 6.45) is 0. The van der Waals surface area contributed by atoms with Gasteiger partial charge in [-0.3, -0.25) is 14.9 Å². The molecule has 2 aromatic rings. The first-order valence-electron chi connectivity index (χ1n) is 9.29. The highest BCUT2D eigenvalue weighted by molar-refractivity contribution is 5.99. The lowest BCUT2D eigenvalue weighted by Crippen LogP contribution is -2.22. The summed E-state index contributed by atoms with van der Waals surface area (Å²) in [6.45, 7) is 5.96. The first-order valence-corrected chi connectivity index (χ1v) is 9.29. The van der Waals surface area contributed by atoms with Crippen molar-refractivity contribution in [3.05, 3.63) is 62.7 Å². The number of non-ortho nitro benzene ring substituents is 1. The second-order valence-electron chi connectivity index (χ2n) is 6.80. The Morgan fingerprint density at radius 1 is 1.10 bits per heavy atom. The molecule has 2 rings (SSSR count). The molecule has 9 nitrogen and oxygen atoms in total. The first-order chi connectivity index (χ1) is 14.2. The lowest BCUT2D eigenvalue weighted by atomic mass is 10.1. The van der Waals surface area contributed by atoms with Gasteiger partial charge >= 0.3 is 5.97 Å². The molecule has 2 N–H and O–H groups in total. The zero-order valence-electron chi connectivity index (χ0n) is 17.4. The number of aryl methyl sites for hydroxylation is 3. The minimum absolute atomic E-state index is 0.0317. The third-order valence-corrected chi connectivity index (χ3v) is 4.33. The number of rotatable bonds is 9. The van der Waals surface area contributed by atoms with Gasteiger partial charge in [-0.2, -0.15) is 0 Å². The summed E-state index contributed by atoms with van der Waals surface area (Å²) in [5, 5.41) is 16.8. The molecule has 0 fully saturated rings. The molecule has 160 valence electrons. The minimum Gasteiger partial charge on any atom is -0.452 e. The number of hydrogen-bond acceptors (Lipinski definition) is 7. The van der Waals surface area contributed by atoms with Crippen molar-refractivity contribution in [2.75, 3.05) is 37.5 Å². The number of carbonyl (C=O) groups is 2. The molecule has 9 heteroatoms. The Balaban J connectivity index is 2.10. The summed E-state index contributed by atoms with van der Waals surface area (Å²) in [4.78, 5) is 35.2. The highest BCUT2D eigenvalue weighted by Gasteiger charge is 2.19. The number of nitro groups is 1. The van der Waals surface area contributed by atoms with Crippen LogP contribution in [0.15, 0.2) is 30.3 Å². The predicted molar refractivity (Wildman–Crippen MR) is 113 cm³/mol. The van der Waals surface area contributed by atoms with Crippen LogP contribution >= 0.6 is 0 Å². The standard InChI is InChI=1S/C21H25N3O6/c1-13-9-14(2)20(15(3)10-13)23-19(25)12-30-21(26)17-11-16(24(27)28)5-6-18(17)22-7-8-29-4/h5-6,9-11,22H,7-8,12H2,1-4H3,(H,23,25). The van der Waals surface area contributed by atoms with Crippen molar-refractivity contribution >= 4 is 28.9 Å². The van der Waals surface area contributed by atoms with Crippen LogP contribution in [0.25, 0.3) is 0 Å². The maximum absolute atomic E-state index is 12.5. The smallest absolute Gasteiger partial charge is 0.341 e. The maximum atomic E-state index is 12.5. The monoisotopic (exact) mass is 415 g/mol. The molecule has 2 aromatic carbocycles. The number of esters is 1. The van der Waals surface area contributed by atoms with Crippen LogP contribution in [0.4, 0.5) is 17.1 Å². The van der Waals surface area contributed by atoms with Gasteiger partial charge in [-0.15, -0.1) is 0 Å². The number of benzene rings is 2. The van der Waals surface area contributed by atoms with Crippen LogP contribution in [0.1, 0.15) is 27.0 Å². The summed E-state index contributed by atoms with van der Waals surface area (Å²) in [7, 11) is 1.53. The minimum atomic E-state index is -0.842. The highest BCUT2D eigenvalue weighted by Crippen LogP contribution is 2.24. The van der Waals surface area contributed by atoms with Gasteiger partial charge in [0.25, 0.3) is 11.6 Å². The van der Waals surface area contributed by atoms with E-state index in [1.807, 2.05) is 32.9 Å². The van der Waals surface area contributed by atoms with E-state index in [4.69, 9.17) is 9.47 Å². The zero-order chi connectivity index (χ0) is 22.3. The van der Waals surface area contributed by atoms with Gasteiger partial charge in [0.1, 0.15) is 0 Å². The quantitative estimate of drug-likeness (QED) is 0.279. The van der Waals surface area contributed by atoms with E-state index < -0.39 is 23.4 Å². The van der Waals surface area contributed by atoms with E-state index in [1.165, 1.54) is 19.2 Å². The summed E-state index contributed by atoms with van der Waals surface area (Å²) >= 11 is 0. The van der Waals surface area contributed by atoms with E-state index in [1.54, 1.807) is 0 Å². The molecule has 0 heterocycles. The lowest BCUT2D eigenvalue weighted by Gasteiger charge is -2.14. The number of nitro benzene ring substituents is 1. The molecule has 0 aliphatic heterocycles. The van der Waals surface area contributed by atoms with Crippen molar-refractivity contribution in [1.29, 1.82) is 0 Å². The van der Waals surface area contributed by atoms with Gasteiger partial charge in [-0.25, -0.2) is 4.79 Å². The summed E-state index contributed by atoms with van der Waals surface area (Å²) in [5.41, 5.74) is 3.61. The second-order valence-corrected chi connectivity index (χ2v) is 6.80. The zero-order valence-corrected chi connectivity index (χ0v) is 17.4. The molecule has 0 aliphatic carbocycles. The van der Waals surface area contributed by atoms with Crippen LogP contribution < -0.4 is 10.6 Å². The predicted octanol–water partition coefficient (Wildman–Crippen LogP) is 3.37. The fourth-order valence-corrected chi connectivity index (χ4v) is 3.02. The maximum Gasteiger partial charge on any atom is 0.341 e. The van der Waals surface area contributed by atoms with Crippen molar-refractivity contribution < 1.29 is 24.0 Å². The summed E-state index contributed by atoms with van der Waals surface area (Å²) in [5.74, 6) is -1.34. The van der Waals surface area contributed by atoms with E-state index in [-0.39, 0.29) is 11.3 Å². The number of methoxy groups -OCH3 is 1. The average molecular weight is 415 g/mol. The fraction of sp³-hybridized carbons (Fsp3) is 0.333. The molecular weight excluding hydrogens is 390 g/mol. The third kappa shape index (κ3) is 6.02. The van der Waals surface area contributed by atoms with Gasteiger partial charge < -0.3 is 20.1 Å². The molecule has 0 aliphatic rings. The van der Waals surface area contributed by atoms with Crippen LogP contribution in [-0.4, -0.2) is 43.7 Å². The van der Waals surface area contributed by atoms with Crippen LogP contribution in [0.2, 0.25) is 0 Å². The molecule has 0 spiro atoms. The van der Waals surface area contributed by atoms with Gasteiger partial charge in [0.05, 0.1) is 17.1 Å². The molecule has 0 aromatic heterocycles. The summed E-state index contributed by atoms with van der Waals surface area (Å²) in [6, 6.07) is 7.69. The largest absolute Gasteiger partial charge is 0.452 e. The van der Waals surface area contributed by atoms with E-state index in [0.29, 0.717) is 24.5 Å². The third-order valence-electron chi connectivity index (χ3n) is 4.33. The number of nitrogens with one attached hydrogen (secondary N) is 2. The Hall–Kier alpha value is -3.46. The van der Waals surface area contributed by atoms with E-state index in [9.17, 15) is 19.7 Å². The Bertz CT molecular complexity index is 935. The van der Waals surface area contributed by atoms with Crippen molar-refractivity contribution in [1.82, 2.24) is 0 Å². The number of carbonyl (C=O) groups excluding carboxylic acids is 2. The molecule has 0 radical (unpaired) electrons. The molecule has 0 bridgehead atoms. The van der Waals surface area contributed by atoms with Crippen LogP contribution in [0.5, 0.6) is 0 Å². The van der Waals surface area contributed by atoms with Crippen molar-refractivity contribution in [2.45, 2.75) is 20.8 Å². The van der Waals surface area contributed by atoms with Gasteiger partial charge in [0, 0.05) is 37.2 Å². The number of nitrogens with zero attached hydrogens (tertiary/aromatic N) is 1. The van der Waals surface area contributed by atoms with E-state index >= 15 is 0 Å². The van der Waals surface area contributed by atoms with Gasteiger partial charge in [-0.1, -0.05) is 17.7 Å². The normalized spacial score (nSPS) is 10.4. The van der Waals surface area contributed by atoms with Gasteiger partial charge in [0.15, 0.2) is 6.61 Å². The number of hydrogen-bond donors (Lipinski definition) is 2. The first kappa shape index (κ1) is 22.8.